The molecule has 35 heavy (non-hydrogen) atoms. The maximum absolute atomic E-state index is 14.8. The number of alkyl halides is 1. The second-order valence-corrected chi connectivity index (χ2v) is 10.2. The number of hydrogen-bond donors (Lipinski definition) is 1. The van der Waals surface area contributed by atoms with Crippen LogP contribution in [0.4, 0.5) is 8.78 Å². The van der Waals surface area contributed by atoms with Crippen molar-refractivity contribution >= 4 is 5.91 Å². The van der Waals surface area contributed by atoms with Gasteiger partial charge >= 0.3 is 0 Å². The van der Waals surface area contributed by atoms with Gasteiger partial charge in [0, 0.05) is 30.8 Å². The summed E-state index contributed by atoms with van der Waals surface area (Å²) >= 11 is 0. The third-order valence-corrected chi connectivity index (χ3v) is 6.58. The quantitative estimate of drug-likeness (QED) is 0.640. The average molecular weight is 489 g/mol. The van der Waals surface area contributed by atoms with Crippen molar-refractivity contribution in [3.05, 3.63) is 42.0 Å². The Morgan fingerprint density at radius 1 is 1.17 bits per heavy atom. The molecule has 1 aromatic carbocycles. The summed E-state index contributed by atoms with van der Waals surface area (Å²) in [6.45, 7) is 6.69. The molecule has 2 fully saturated rings. The Morgan fingerprint density at radius 3 is 2.57 bits per heavy atom. The number of benzene rings is 1. The Kier molecular flexibility index (Phi) is 7.96. The molecule has 2 aromatic rings. The van der Waals surface area contributed by atoms with Crippen LogP contribution in [0.5, 0.6) is 5.88 Å². The van der Waals surface area contributed by atoms with Crippen molar-refractivity contribution < 1.29 is 23.4 Å². The fourth-order valence-corrected chi connectivity index (χ4v) is 4.75. The van der Waals surface area contributed by atoms with E-state index in [4.69, 9.17) is 4.74 Å². The van der Waals surface area contributed by atoms with Crippen LogP contribution < -0.4 is 4.74 Å². The van der Waals surface area contributed by atoms with Gasteiger partial charge in [-0.2, -0.15) is 0 Å². The standard InChI is InChI=1S/C26H34F2N4O3/c1-26(2,28)17-31-10-7-18(8-11-31)16-35-24-14-29-23(13-30-24)21-6-5-19(12-22(21)27)25(34)32-9-3-4-20(33)15-32/h5-6,12-14,18,20,33H,3-4,7-11,15-17H2,1-2H3/t20-/m0/s1. The lowest BCUT2D eigenvalue weighted by Crippen LogP contribution is -2.42. The molecule has 4 rings (SSSR count). The van der Waals surface area contributed by atoms with Gasteiger partial charge in [0.2, 0.25) is 5.88 Å². The molecule has 7 nitrogen and oxygen atoms in total. The molecule has 190 valence electrons. The fourth-order valence-electron chi connectivity index (χ4n) is 4.75. The summed E-state index contributed by atoms with van der Waals surface area (Å²) in [7, 11) is 0. The Bertz CT molecular complexity index is 1000. The highest BCUT2D eigenvalue weighted by Crippen LogP contribution is 2.25. The van der Waals surface area contributed by atoms with E-state index in [0.717, 1.165) is 32.4 Å². The van der Waals surface area contributed by atoms with E-state index in [2.05, 4.69) is 14.9 Å². The van der Waals surface area contributed by atoms with Crippen molar-refractivity contribution in [3.8, 4) is 17.1 Å². The second-order valence-electron chi connectivity index (χ2n) is 10.2. The lowest BCUT2D eigenvalue weighted by Gasteiger charge is -2.34. The van der Waals surface area contributed by atoms with Crippen LogP contribution in [0, 0.1) is 11.7 Å². The second kappa shape index (κ2) is 11.0. The first-order valence-electron chi connectivity index (χ1n) is 12.3. The minimum atomic E-state index is -1.19. The molecule has 1 aromatic heterocycles. The van der Waals surface area contributed by atoms with Gasteiger partial charge in [-0.05, 0) is 76.7 Å². The number of carbonyl (C=O) groups is 1. The van der Waals surface area contributed by atoms with E-state index in [9.17, 15) is 18.7 Å². The van der Waals surface area contributed by atoms with Crippen LogP contribution in [-0.2, 0) is 0 Å². The number of rotatable bonds is 7. The first kappa shape index (κ1) is 25.4. The van der Waals surface area contributed by atoms with Crippen molar-refractivity contribution in [2.45, 2.75) is 51.3 Å². The Labute approximate surface area is 205 Å². The molecule has 2 aliphatic heterocycles. The molecular weight excluding hydrogens is 454 g/mol. The van der Waals surface area contributed by atoms with Gasteiger partial charge in [0.25, 0.3) is 5.91 Å². The van der Waals surface area contributed by atoms with Gasteiger partial charge in [-0.1, -0.05) is 0 Å². The minimum Gasteiger partial charge on any atom is -0.476 e. The zero-order valence-corrected chi connectivity index (χ0v) is 20.4. The van der Waals surface area contributed by atoms with E-state index in [1.165, 1.54) is 24.5 Å². The molecule has 0 radical (unpaired) electrons. The highest BCUT2D eigenvalue weighted by Gasteiger charge is 2.26. The number of ether oxygens (including phenoxy) is 1. The summed E-state index contributed by atoms with van der Waals surface area (Å²) in [6.07, 6.45) is 5.69. The van der Waals surface area contributed by atoms with Crippen molar-refractivity contribution in [3.63, 3.8) is 0 Å². The van der Waals surface area contributed by atoms with E-state index in [1.807, 2.05) is 0 Å². The number of aliphatic hydroxyl groups is 1. The molecular formula is C26H34F2N4O3. The van der Waals surface area contributed by atoms with Gasteiger partial charge in [0.1, 0.15) is 11.5 Å². The van der Waals surface area contributed by atoms with Gasteiger partial charge in [-0.3, -0.25) is 4.79 Å². The van der Waals surface area contributed by atoms with Crippen LogP contribution >= 0.6 is 0 Å². The zero-order valence-electron chi connectivity index (χ0n) is 20.4. The number of hydrogen-bond acceptors (Lipinski definition) is 6. The van der Waals surface area contributed by atoms with Gasteiger partial charge in [0.15, 0.2) is 0 Å². The normalized spacial score (nSPS) is 20.1. The molecule has 9 heteroatoms. The molecule has 0 spiro atoms. The average Bonchev–Trinajstić information content (AvgIpc) is 2.82. The molecule has 1 amide bonds. The van der Waals surface area contributed by atoms with Crippen LogP contribution in [0.25, 0.3) is 11.3 Å². The van der Waals surface area contributed by atoms with E-state index < -0.39 is 17.6 Å². The molecule has 0 aliphatic carbocycles. The van der Waals surface area contributed by atoms with Crippen molar-refractivity contribution in [1.29, 1.82) is 0 Å². The minimum absolute atomic E-state index is 0.245. The Morgan fingerprint density at radius 2 is 1.94 bits per heavy atom. The maximum atomic E-state index is 14.8. The zero-order chi connectivity index (χ0) is 25.0. The number of nitrogens with zero attached hydrogens (tertiary/aromatic N) is 4. The fraction of sp³-hybridized carbons (Fsp3) is 0.577. The number of aromatic nitrogens is 2. The summed E-state index contributed by atoms with van der Waals surface area (Å²) in [6, 6.07) is 4.31. The first-order chi connectivity index (χ1) is 16.7. The lowest BCUT2D eigenvalue weighted by atomic mass is 9.97. The molecule has 1 N–H and O–H groups in total. The summed E-state index contributed by atoms with van der Waals surface area (Å²) < 4.78 is 34.5. The van der Waals surface area contributed by atoms with Gasteiger partial charge in [-0.25, -0.2) is 18.7 Å². The number of halogens is 2. The highest BCUT2D eigenvalue weighted by atomic mass is 19.1. The van der Waals surface area contributed by atoms with E-state index in [0.29, 0.717) is 43.6 Å². The number of piperidine rings is 2. The maximum Gasteiger partial charge on any atom is 0.254 e. The van der Waals surface area contributed by atoms with Crippen molar-refractivity contribution in [2.75, 3.05) is 39.3 Å². The lowest BCUT2D eigenvalue weighted by molar-refractivity contribution is 0.0473. The van der Waals surface area contributed by atoms with Gasteiger partial charge in [-0.15, -0.1) is 0 Å². The van der Waals surface area contributed by atoms with Crippen molar-refractivity contribution in [2.24, 2.45) is 5.92 Å². The SMILES string of the molecule is CC(C)(F)CN1CCC(COc2cnc(-c3ccc(C(=O)N4CCC[C@H](O)C4)cc3F)cn2)CC1. The van der Waals surface area contributed by atoms with Crippen LogP contribution in [0.3, 0.4) is 0 Å². The van der Waals surface area contributed by atoms with E-state index in [1.54, 1.807) is 24.8 Å². The number of amides is 1. The number of β-amino-alcohol motifs (C(OH)–C–C–N with tert-alkyl or cyclic N) is 1. The molecule has 0 unspecified atom stereocenters. The molecule has 2 aliphatic rings. The van der Waals surface area contributed by atoms with Crippen LogP contribution in [0.2, 0.25) is 0 Å². The van der Waals surface area contributed by atoms with E-state index in [-0.39, 0.29) is 23.6 Å². The molecule has 0 saturated carbocycles. The van der Waals surface area contributed by atoms with Gasteiger partial charge < -0.3 is 19.6 Å². The largest absolute Gasteiger partial charge is 0.476 e. The smallest absolute Gasteiger partial charge is 0.254 e. The molecule has 3 heterocycles. The first-order valence-corrected chi connectivity index (χ1v) is 12.3. The summed E-state index contributed by atoms with van der Waals surface area (Å²) in [4.78, 5) is 24.9. The summed E-state index contributed by atoms with van der Waals surface area (Å²) in [5.74, 6) is -0.0983. The van der Waals surface area contributed by atoms with Crippen LogP contribution in [0.15, 0.2) is 30.6 Å². The topological polar surface area (TPSA) is 78.8 Å². The van der Waals surface area contributed by atoms with Crippen LogP contribution in [-0.4, -0.2) is 81.9 Å². The van der Waals surface area contributed by atoms with E-state index >= 15 is 0 Å². The Hall–Kier alpha value is -2.65. The number of aliphatic hydroxyl groups excluding tert-OH is 1. The monoisotopic (exact) mass is 488 g/mol. The summed E-state index contributed by atoms with van der Waals surface area (Å²) in [5.41, 5.74) is -0.339. The Balaban J connectivity index is 1.30. The predicted octanol–water partition coefficient (Wildman–Crippen LogP) is 3.72. The third kappa shape index (κ3) is 6.95. The van der Waals surface area contributed by atoms with Gasteiger partial charge in [0.05, 0.1) is 30.8 Å². The van der Waals surface area contributed by atoms with Crippen molar-refractivity contribution in [1.82, 2.24) is 19.8 Å². The number of likely N-dealkylation sites (tertiary alicyclic amines) is 2. The highest BCUT2D eigenvalue weighted by molar-refractivity contribution is 5.94. The molecule has 0 bridgehead atoms. The predicted molar refractivity (Wildman–Crippen MR) is 128 cm³/mol. The molecule has 1 atom stereocenters. The summed E-state index contributed by atoms with van der Waals surface area (Å²) in [5, 5.41) is 9.80. The number of carbonyl (C=O) groups excluding carboxylic acids is 1. The van der Waals surface area contributed by atoms with Crippen LogP contribution in [0.1, 0.15) is 49.9 Å². The third-order valence-electron chi connectivity index (χ3n) is 6.58. The molecule has 2 saturated heterocycles.